The summed E-state index contributed by atoms with van der Waals surface area (Å²) in [7, 11) is 0. The maximum Gasteiger partial charge on any atom is 0.119 e. The first-order valence-corrected chi connectivity index (χ1v) is 8.18. The van der Waals surface area contributed by atoms with Crippen molar-refractivity contribution in [3.63, 3.8) is 0 Å². The van der Waals surface area contributed by atoms with Gasteiger partial charge in [-0.2, -0.15) is 0 Å². The van der Waals surface area contributed by atoms with Crippen molar-refractivity contribution in [3.8, 4) is 5.75 Å². The molecule has 1 nitrogen and oxygen atoms in total. The van der Waals surface area contributed by atoms with Gasteiger partial charge < -0.3 is 4.74 Å². The Bertz CT molecular complexity index is 369. The third-order valence-corrected chi connectivity index (χ3v) is 5.24. The summed E-state index contributed by atoms with van der Waals surface area (Å²) < 4.78 is 6.05. The topological polar surface area (TPSA) is 9.23 Å². The molecular weight excluding hydrogens is 288 g/mol. The highest BCUT2D eigenvalue weighted by Crippen LogP contribution is 2.38. The predicted molar refractivity (Wildman–Crippen MR) is 80.6 cm³/mol. The Balaban J connectivity index is 1.96. The molecule has 1 aromatic carbocycles. The first-order valence-electron chi connectivity index (χ1n) is 7.06. The molecule has 1 fully saturated rings. The number of halogens is 1. The van der Waals surface area contributed by atoms with E-state index >= 15 is 0 Å². The summed E-state index contributed by atoms with van der Waals surface area (Å²) in [5.74, 6) is 1.03. The van der Waals surface area contributed by atoms with E-state index in [0.717, 1.165) is 24.1 Å². The highest BCUT2D eigenvalue weighted by molar-refractivity contribution is 9.09. The molecule has 1 aliphatic rings. The van der Waals surface area contributed by atoms with Gasteiger partial charge in [-0.05, 0) is 37.0 Å². The molecule has 0 amide bonds. The van der Waals surface area contributed by atoms with Crippen LogP contribution in [0.3, 0.4) is 0 Å². The zero-order valence-electron chi connectivity index (χ0n) is 11.3. The van der Waals surface area contributed by atoms with Crippen LogP contribution in [0.4, 0.5) is 0 Å². The lowest BCUT2D eigenvalue weighted by atomic mass is 9.76. The smallest absolute Gasteiger partial charge is 0.119 e. The van der Waals surface area contributed by atoms with Crippen molar-refractivity contribution in [2.24, 2.45) is 5.41 Å². The minimum Gasteiger partial charge on any atom is -0.493 e. The number of rotatable bonds is 5. The fraction of sp³-hybridized carbons (Fsp3) is 0.625. The maximum absolute atomic E-state index is 6.05. The summed E-state index contributed by atoms with van der Waals surface area (Å²) in [6.07, 6.45) is 7.76. The van der Waals surface area contributed by atoms with Crippen LogP contribution < -0.4 is 4.74 Å². The molecule has 1 saturated carbocycles. The second-order valence-electron chi connectivity index (χ2n) is 5.48. The number of hydrogen-bond acceptors (Lipinski definition) is 1. The standard InChI is InChI=1S/C16H23BrO/c1-2-14-7-6-8-15(11-14)18-13-16(12-17)9-4-3-5-10-16/h6-8,11H,2-5,9-10,12-13H2,1H3. The van der Waals surface area contributed by atoms with Crippen molar-refractivity contribution < 1.29 is 4.74 Å². The highest BCUT2D eigenvalue weighted by atomic mass is 79.9. The summed E-state index contributed by atoms with van der Waals surface area (Å²) in [6.45, 7) is 3.03. The molecule has 0 N–H and O–H groups in total. The molecule has 0 saturated heterocycles. The zero-order valence-corrected chi connectivity index (χ0v) is 12.8. The van der Waals surface area contributed by atoms with Gasteiger partial charge in [0.25, 0.3) is 0 Å². The molecule has 0 spiro atoms. The predicted octanol–water partition coefficient (Wildman–Crippen LogP) is 4.97. The van der Waals surface area contributed by atoms with Crippen molar-refractivity contribution in [3.05, 3.63) is 29.8 Å². The Labute approximate surface area is 119 Å². The van der Waals surface area contributed by atoms with Crippen molar-refractivity contribution >= 4 is 15.9 Å². The SMILES string of the molecule is CCc1cccc(OCC2(CBr)CCCCC2)c1. The molecule has 18 heavy (non-hydrogen) atoms. The number of ether oxygens (including phenoxy) is 1. The van der Waals surface area contributed by atoms with Crippen molar-refractivity contribution in [2.45, 2.75) is 45.4 Å². The van der Waals surface area contributed by atoms with E-state index in [1.807, 2.05) is 0 Å². The van der Waals surface area contributed by atoms with Gasteiger partial charge in [0.15, 0.2) is 0 Å². The molecule has 0 aliphatic heterocycles. The molecule has 0 heterocycles. The molecule has 0 bridgehead atoms. The zero-order chi connectivity index (χ0) is 12.8. The van der Waals surface area contributed by atoms with Gasteiger partial charge in [0, 0.05) is 10.7 Å². The van der Waals surface area contributed by atoms with Crippen molar-refractivity contribution in [1.82, 2.24) is 0 Å². The average Bonchev–Trinajstić information content (AvgIpc) is 2.46. The molecule has 0 unspecified atom stereocenters. The summed E-state index contributed by atoms with van der Waals surface area (Å²) in [5.41, 5.74) is 1.71. The summed E-state index contributed by atoms with van der Waals surface area (Å²) >= 11 is 3.69. The van der Waals surface area contributed by atoms with Crippen LogP contribution in [0.2, 0.25) is 0 Å². The van der Waals surface area contributed by atoms with E-state index in [2.05, 4.69) is 47.1 Å². The van der Waals surface area contributed by atoms with Crippen LogP contribution >= 0.6 is 15.9 Å². The van der Waals surface area contributed by atoms with Crippen LogP contribution in [0, 0.1) is 5.41 Å². The molecule has 1 aromatic rings. The Hall–Kier alpha value is -0.500. The molecule has 2 heteroatoms. The van der Waals surface area contributed by atoms with Gasteiger partial charge in [0.1, 0.15) is 5.75 Å². The van der Waals surface area contributed by atoms with E-state index < -0.39 is 0 Å². The number of alkyl halides is 1. The van der Waals surface area contributed by atoms with Crippen LogP contribution in [0.1, 0.15) is 44.6 Å². The molecular formula is C16H23BrO. The fourth-order valence-electron chi connectivity index (χ4n) is 2.71. The number of benzene rings is 1. The van der Waals surface area contributed by atoms with Crippen LogP contribution in [0.15, 0.2) is 24.3 Å². The van der Waals surface area contributed by atoms with Crippen molar-refractivity contribution in [1.29, 1.82) is 0 Å². The lowest BCUT2D eigenvalue weighted by Crippen LogP contribution is -2.32. The Morgan fingerprint density at radius 3 is 2.67 bits per heavy atom. The molecule has 0 radical (unpaired) electrons. The minimum atomic E-state index is 0.362. The average molecular weight is 311 g/mol. The third kappa shape index (κ3) is 3.50. The third-order valence-electron chi connectivity index (χ3n) is 4.05. The van der Waals surface area contributed by atoms with Crippen LogP contribution in [0.25, 0.3) is 0 Å². The van der Waals surface area contributed by atoms with Gasteiger partial charge in [-0.1, -0.05) is 54.2 Å². The Morgan fingerprint density at radius 1 is 1.22 bits per heavy atom. The van der Waals surface area contributed by atoms with E-state index in [-0.39, 0.29) is 0 Å². The van der Waals surface area contributed by atoms with Gasteiger partial charge in [0.05, 0.1) is 6.61 Å². The molecule has 100 valence electrons. The van der Waals surface area contributed by atoms with E-state index in [0.29, 0.717) is 5.41 Å². The van der Waals surface area contributed by atoms with E-state index in [1.54, 1.807) is 0 Å². The van der Waals surface area contributed by atoms with Gasteiger partial charge in [-0.3, -0.25) is 0 Å². The molecule has 0 aromatic heterocycles. The lowest BCUT2D eigenvalue weighted by Gasteiger charge is -2.35. The Morgan fingerprint density at radius 2 is 2.00 bits per heavy atom. The van der Waals surface area contributed by atoms with Gasteiger partial charge in [-0.25, -0.2) is 0 Å². The highest BCUT2D eigenvalue weighted by Gasteiger charge is 2.31. The second kappa shape index (κ2) is 6.60. The first kappa shape index (κ1) is 13.9. The number of hydrogen-bond donors (Lipinski definition) is 0. The quantitative estimate of drug-likeness (QED) is 0.697. The van der Waals surface area contributed by atoms with Gasteiger partial charge >= 0.3 is 0 Å². The van der Waals surface area contributed by atoms with Crippen LogP contribution in [-0.4, -0.2) is 11.9 Å². The molecule has 1 aliphatic carbocycles. The normalized spacial score (nSPS) is 18.6. The second-order valence-corrected chi connectivity index (χ2v) is 6.04. The summed E-state index contributed by atoms with van der Waals surface area (Å²) in [5, 5.41) is 1.06. The minimum absolute atomic E-state index is 0.362. The largest absolute Gasteiger partial charge is 0.493 e. The van der Waals surface area contributed by atoms with Crippen LogP contribution in [-0.2, 0) is 6.42 Å². The first-order chi connectivity index (χ1) is 8.78. The molecule has 0 atom stereocenters. The van der Waals surface area contributed by atoms with Crippen LogP contribution in [0.5, 0.6) is 5.75 Å². The fourth-order valence-corrected chi connectivity index (χ4v) is 3.43. The summed E-state index contributed by atoms with van der Waals surface area (Å²) in [6, 6.07) is 8.50. The maximum atomic E-state index is 6.05. The van der Waals surface area contributed by atoms with Gasteiger partial charge in [-0.15, -0.1) is 0 Å². The Kier molecular flexibility index (Phi) is 5.11. The van der Waals surface area contributed by atoms with E-state index in [4.69, 9.17) is 4.74 Å². The van der Waals surface area contributed by atoms with Crippen molar-refractivity contribution in [2.75, 3.05) is 11.9 Å². The molecule has 2 rings (SSSR count). The summed E-state index contributed by atoms with van der Waals surface area (Å²) in [4.78, 5) is 0. The van der Waals surface area contributed by atoms with E-state index in [9.17, 15) is 0 Å². The number of aryl methyl sites for hydroxylation is 1. The van der Waals surface area contributed by atoms with E-state index in [1.165, 1.54) is 37.7 Å². The van der Waals surface area contributed by atoms with Gasteiger partial charge in [0.2, 0.25) is 0 Å². The monoisotopic (exact) mass is 310 g/mol. The lowest BCUT2D eigenvalue weighted by molar-refractivity contribution is 0.122.